The maximum Gasteiger partial charge on any atom is 0.266 e. The summed E-state index contributed by atoms with van der Waals surface area (Å²) >= 11 is 0. The van der Waals surface area contributed by atoms with Gasteiger partial charge >= 0.3 is 0 Å². The van der Waals surface area contributed by atoms with Gasteiger partial charge in [-0.3, -0.25) is 9.59 Å². The lowest BCUT2D eigenvalue weighted by molar-refractivity contribution is -0.0641. The van der Waals surface area contributed by atoms with Gasteiger partial charge in [-0.05, 0) is 29.8 Å². The third-order valence-corrected chi connectivity index (χ3v) is 6.13. The van der Waals surface area contributed by atoms with Crippen molar-refractivity contribution in [2.75, 3.05) is 20.2 Å². The van der Waals surface area contributed by atoms with Crippen LogP contribution in [-0.4, -0.2) is 62.8 Å². The van der Waals surface area contributed by atoms with Crippen molar-refractivity contribution in [3.05, 3.63) is 65.2 Å². The Bertz CT molecular complexity index is 1440. The number of benzene rings is 2. The molecule has 1 aliphatic rings. The quantitative estimate of drug-likeness (QED) is 0.427. The minimum atomic E-state index is -3.14. The average molecular weight is 465 g/mol. The van der Waals surface area contributed by atoms with Crippen LogP contribution in [0.1, 0.15) is 44.4 Å². The highest BCUT2D eigenvalue weighted by Crippen LogP contribution is 2.38. The molecule has 34 heavy (non-hydrogen) atoms. The van der Waals surface area contributed by atoms with E-state index in [1.165, 1.54) is 18.0 Å². The number of likely N-dealkylation sites (tertiary alicyclic amines) is 1. The molecule has 2 aromatic heterocycles. The van der Waals surface area contributed by atoms with Gasteiger partial charge in [0.25, 0.3) is 17.6 Å². The van der Waals surface area contributed by atoms with E-state index in [2.05, 4.69) is 15.1 Å². The fraction of sp³-hybridized carbons (Fsp3) is 0.292. The van der Waals surface area contributed by atoms with Gasteiger partial charge in [-0.2, -0.15) is 10.1 Å². The Balaban J connectivity index is 1.60. The highest BCUT2D eigenvalue weighted by atomic mass is 19.3. The van der Waals surface area contributed by atoms with Crippen LogP contribution in [0.2, 0.25) is 0 Å². The van der Waals surface area contributed by atoms with Crippen molar-refractivity contribution in [3.63, 3.8) is 0 Å². The monoisotopic (exact) mass is 465 g/mol. The van der Waals surface area contributed by atoms with Gasteiger partial charge < -0.3 is 9.64 Å². The summed E-state index contributed by atoms with van der Waals surface area (Å²) in [4.78, 5) is 35.1. The van der Waals surface area contributed by atoms with Crippen LogP contribution in [-0.2, 0) is 0 Å². The molecule has 4 aromatic rings. The number of piperidine rings is 1. The molecule has 10 heteroatoms. The van der Waals surface area contributed by atoms with Crippen LogP contribution in [0.15, 0.2) is 42.7 Å². The number of carbonyl (C=O) groups excluding carboxylic acids is 2. The highest BCUT2D eigenvalue weighted by Gasteiger charge is 2.44. The van der Waals surface area contributed by atoms with Gasteiger partial charge in [0.1, 0.15) is 12.1 Å². The Morgan fingerprint density at radius 1 is 1.26 bits per heavy atom. The summed E-state index contributed by atoms with van der Waals surface area (Å²) in [6.07, 6.45) is 1.43. The van der Waals surface area contributed by atoms with E-state index in [4.69, 9.17) is 4.74 Å². The molecule has 174 valence electrons. The molecule has 1 aliphatic heterocycles. The molecule has 1 saturated heterocycles. The lowest BCUT2D eigenvalue weighted by atomic mass is 9.90. The highest BCUT2D eigenvalue weighted by molar-refractivity contribution is 6.12. The second-order valence-corrected chi connectivity index (χ2v) is 8.44. The van der Waals surface area contributed by atoms with Crippen LogP contribution >= 0.6 is 0 Å². The Morgan fingerprint density at radius 2 is 2.06 bits per heavy atom. The molecular formula is C24H21F2N5O3. The van der Waals surface area contributed by atoms with Gasteiger partial charge in [0.2, 0.25) is 0 Å². The first-order valence-corrected chi connectivity index (χ1v) is 10.7. The Morgan fingerprint density at radius 3 is 2.82 bits per heavy atom. The van der Waals surface area contributed by atoms with Gasteiger partial charge in [0, 0.05) is 30.1 Å². The summed E-state index contributed by atoms with van der Waals surface area (Å²) in [5.41, 5.74) is 1.20. The van der Waals surface area contributed by atoms with Crippen LogP contribution in [0.25, 0.3) is 16.6 Å². The number of alkyl halides is 2. The third-order valence-electron chi connectivity index (χ3n) is 6.13. The van der Waals surface area contributed by atoms with Crippen molar-refractivity contribution >= 4 is 28.7 Å². The van der Waals surface area contributed by atoms with Gasteiger partial charge in [-0.25, -0.2) is 18.3 Å². The zero-order valence-corrected chi connectivity index (χ0v) is 18.5. The molecule has 8 nitrogen and oxygen atoms in total. The SMILES string of the molecule is COc1cc2ccccc2c(C=O)c1C(=O)N1CC(c2cc(C)nc3ncnn23)CC(F)(F)C1. The first kappa shape index (κ1) is 21.9. The van der Waals surface area contributed by atoms with Crippen LogP contribution in [0.4, 0.5) is 8.78 Å². The largest absolute Gasteiger partial charge is 0.496 e. The molecule has 1 fully saturated rings. The smallest absolute Gasteiger partial charge is 0.266 e. The number of hydrogen-bond acceptors (Lipinski definition) is 6. The molecule has 1 unspecified atom stereocenters. The maximum absolute atomic E-state index is 15.0. The van der Waals surface area contributed by atoms with Crippen LogP contribution in [0.3, 0.4) is 0 Å². The lowest BCUT2D eigenvalue weighted by Crippen LogP contribution is -2.49. The first-order chi connectivity index (χ1) is 16.3. The number of fused-ring (bicyclic) bond motifs is 2. The molecular weight excluding hydrogens is 444 g/mol. The molecule has 0 saturated carbocycles. The first-order valence-electron chi connectivity index (χ1n) is 10.7. The summed E-state index contributed by atoms with van der Waals surface area (Å²) in [5, 5.41) is 5.39. The van der Waals surface area contributed by atoms with E-state index in [0.717, 1.165) is 4.90 Å². The van der Waals surface area contributed by atoms with E-state index in [0.29, 0.717) is 34.2 Å². The number of rotatable bonds is 4. The van der Waals surface area contributed by atoms with Crippen molar-refractivity contribution in [1.29, 1.82) is 0 Å². The summed E-state index contributed by atoms with van der Waals surface area (Å²) in [7, 11) is 1.38. The molecule has 5 rings (SSSR count). The number of carbonyl (C=O) groups is 2. The van der Waals surface area contributed by atoms with E-state index in [1.54, 1.807) is 43.3 Å². The number of hydrogen-bond donors (Lipinski definition) is 0. The number of ether oxygens (including phenoxy) is 1. The molecule has 0 spiro atoms. The minimum Gasteiger partial charge on any atom is -0.496 e. The molecule has 1 atom stereocenters. The van der Waals surface area contributed by atoms with Crippen LogP contribution in [0, 0.1) is 6.92 Å². The molecule has 3 heterocycles. The molecule has 0 aliphatic carbocycles. The fourth-order valence-electron chi connectivity index (χ4n) is 4.71. The van der Waals surface area contributed by atoms with Crippen molar-refractivity contribution < 1.29 is 23.1 Å². The molecule has 0 bridgehead atoms. The normalized spacial score (nSPS) is 17.8. The predicted molar refractivity (Wildman–Crippen MR) is 120 cm³/mol. The summed E-state index contributed by atoms with van der Waals surface area (Å²) < 4.78 is 36.7. The summed E-state index contributed by atoms with van der Waals surface area (Å²) in [6, 6.07) is 10.4. The number of nitrogens with zero attached hydrogens (tertiary/aromatic N) is 5. The summed E-state index contributed by atoms with van der Waals surface area (Å²) in [5.74, 6) is -4.08. The van der Waals surface area contributed by atoms with E-state index in [-0.39, 0.29) is 23.4 Å². The number of aldehydes is 1. The van der Waals surface area contributed by atoms with Gasteiger partial charge in [0.05, 0.1) is 24.9 Å². The number of amides is 1. The number of halogens is 2. The second-order valence-electron chi connectivity index (χ2n) is 8.44. The average Bonchev–Trinajstić information content (AvgIpc) is 3.29. The van der Waals surface area contributed by atoms with E-state index in [9.17, 15) is 18.4 Å². The zero-order chi connectivity index (χ0) is 24.0. The van der Waals surface area contributed by atoms with Crippen molar-refractivity contribution in [2.45, 2.75) is 25.2 Å². The minimum absolute atomic E-state index is 0.0150. The Kier molecular flexibility index (Phi) is 5.22. The van der Waals surface area contributed by atoms with E-state index in [1.807, 2.05) is 0 Å². The lowest BCUT2D eigenvalue weighted by Gasteiger charge is -2.38. The van der Waals surface area contributed by atoms with Gasteiger partial charge in [-0.1, -0.05) is 24.3 Å². The topological polar surface area (TPSA) is 89.7 Å². The van der Waals surface area contributed by atoms with E-state index >= 15 is 0 Å². The Labute approximate surface area is 193 Å². The number of aryl methyl sites for hydroxylation is 1. The molecule has 2 aromatic carbocycles. The molecule has 1 amide bonds. The fourth-order valence-corrected chi connectivity index (χ4v) is 4.71. The van der Waals surface area contributed by atoms with Crippen molar-refractivity contribution in [1.82, 2.24) is 24.5 Å². The van der Waals surface area contributed by atoms with Crippen LogP contribution < -0.4 is 4.74 Å². The van der Waals surface area contributed by atoms with E-state index < -0.39 is 30.7 Å². The van der Waals surface area contributed by atoms with Crippen molar-refractivity contribution in [3.8, 4) is 5.75 Å². The van der Waals surface area contributed by atoms with Crippen molar-refractivity contribution in [2.24, 2.45) is 0 Å². The third kappa shape index (κ3) is 3.64. The molecule has 0 N–H and O–H groups in total. The Hall–Kier alpha value is -3.95. The zero-order valence-electron chi connectivity index (χ0n) is 18.5. The molecule has 0 radical (unpaired) electrons. The second kappa shape index (κ2) is 8.12. The maximum atomic E-state index is 15.0. The standard InChI is InChI=1S/C24H21F2N5O3/c1-14-7-19(31-23(29-14)27-13-28-31)16-9-24(25,26)12-30(10-16)22(33)21-18(11-32)17-6-4-3-5-15(17)8-20(21)34-2/h3-8,11,13,16H,9-10,12H2,1-2H3. The van der Waals surface area contributed by atoms with Crippen LogP contribution in [0.5, 0.6) is 5.75 Å². The van der Waals surface area contributed by atoms with Gasteiger partial charge in [-0.15, -0.1) is 0 Å². The predicted octanol–water partition coefficient (Wildman–Crippen LogP) is 3.67. The summed E-state index contributed by atoms with van der Waals surface area (Å²) in [6.45, 7) is 1.00. The number of methoxy groups -OCH3 is 1. The number of aromatic nitrogens is 4. The van der Waals surface area contributed by atoms with Gasteiger partial charge in [0.15, 0.2) is 6.29 Å².